The van der Waals surface area contributed by atoms with E-state index in [0.717, 1.165) is 19.4 Å². The van der Waals surface area contributed by atoms with Crippen LogP contribution in [0.15, 0.2) is 18.2 Å². The summed E-state index contributed by atoms with van der Waals surface area (Å²) in [5.74, 6) is -0.678. The van der Waals surface area contributed by atoms with Crippen molar-refractivity contribution in [2.24, 2.45) is 5.92 Å². The van der Waals surface area contributed by atoms with Gasteiger partial charge in [-0.3, -0.25) is 9.69 Å². The standard InChI is InChI=1S/C15H17FN2O2/c1-20-15(19)12-3-2-6-18(9-12)10-13-7-14(16)5-4-11(13)8-17/h4-5,7,12H,2-3,6,9-10H2,1H3/t12-/m0/s1. The fourth-order valence-electron chi connectivity index (χ4n) is 2.60. The Morgan fingerprint density at radius 1 is 1.60 bits per heavy atom. The average Bonchev–Trinajstić information content (AvgIpc) is 2.47. The number of benzene rings is 1. The molecule has 5 heteroatoms. The molecular formula is C15H17FN2O2. The van der Waals surface area contributed by atoms with Crippen LogP contribution in [0.5, 0.6) is 0 Å². The van der Waals surface area contributed by atoms with Crippen LogP contribution in [0.25, 0.3) is 0 Å². The Kier molecular flexibility index (Phi) is 4.70. The molecule has 1 aromatic carbocycles. The van der Waals surface area contributed by atoms with E-state index in [2.05, 4.69) is 11.0 Å². The van der Waals surface area contributed by atoms with Crippen molar-refractivity contribution < 1.29 is 13.9 Å². The Balaban J connectivity index is 2.08. The predicted octanol–water partition coefficient (Wildman–Crippen LogP) is 2.08. The van der Waals surface area contributed by atoms with Crippen LogP contribution in [0.1, 0.15) is 24.0 Å². The minimum absolute atomic E-state index is 0.132. The second-order valence-corrected chi connectivity index (χ2v) is 5.01. The lowest BCUT2D eigenvalue weighted by molar-refractivity contribution is -0.147. The number of carbonyl (C=O) groups excluding carboxylic acids is 1. The first-order valence-corrected chi connectivity index (χ1v) is 6.62. The van der Waals surface area contributed by atoms with E-state index in [4.69, 9.17) is 10.00 Å². The molecule has 0 aliphatic carbocycles. The van der Waals surface area contributed by atoms with Crippen molar-refractivity contribution in [2.75, 3.05) is 20.2 Å². The van der Waals surface area contributed by atoms with E-state index in [9.17, 15) is 9.18 Å². The quantitative estimate of drug-likeness (QED) is 0.793. The minimum atomic E-state index is -0.347. The van der Waals surface area contributed by atoms with Gasteiger partial charge < -0.3 is 4.74 Å². The molecule has 106 valence electrons. The number of carbonyl (C=O) groups is 1. The lowest BCUT2D eigenvalue weighted by atomic mass is 9.97. The van der Waals surface area contributed by atoms with Gasteiger partial charge in [-0.15, -0.1) is 0 Å². The van der Waals surface area contributed by atoms with E-state index >= 15 is 0 Å². The van der Waals surface area contributed by atoms with Gasteiger partial charge in [-0.05, 0) is 43.1 Å². The Labute approximate surface area is 117 Å². The molecule has 0 amide bonds. The van der Waals surface area contributed by atoms with E-state index < -0.39 is 0 Å². The van der Waals surface area contributed by atoms with Gasteiger partial charge in [-0.25, -0.2) is 4.39 Å². The third-order valence-electron chi connectivity index (χ3n) is 3.62. The molecule has 1 fully saturated rings. The Bertz CT molecular complexity index is 539. The van der Waals surface area contributed by atoms with Gasteiger partial charge in [0, 0.05) is 13.1 Å². The van der Waals surface area contributed by atoms with Crippen molar-refractivity contribution >= 4 is 5.97 Å². The second-order valence-electron chi connectivity index (χ2n) is 5.01. The lowest BCUT2D eigenvalue weighted by Gasteiger charge is -2.31. The van der Waals surface area contributed by atoms with Crippen molar-refractivity contribution in [1.29, 1.82) is 5.26 Å². The van der Waals surface area contributed by atoms with Crippen LogP contribution in [-0.4, -0.2) is 31.1 Å². The number of halogens is 1. The molecule has 2 rings (SSSR count). The van der Waals surface area contributed by atoms with Crippen molar-refractivity contribution in [1.82, 2.24) is 4.90 Å². The third kappa shape index (κ3) is 3.34. The van der Waals surface area contributed by atoms with Gasteiger partial charge in [0.1, 0.15) is 5.82 Å². The highest BCUT2D eigenvalue weighted by Gasteiger charge is 2.26. The highest BCUT2D eigenvalue weighted by Crippen LogP contribution is 2.21. The topological polar surface area (TPSA) is 53.3 Å². The van der Waals surface area contributed by atoms with Crippen LogP contribution in [0.2, 0.25) is 0 Å². The maximum Gasteiger partial charge on any atom is 0.309 e. The van der Waals surface area contributed by atoms with Crippen molar-refractivity contribution in [3.8, 4) is 6.07 Å². The molecule has 0 unspecified atom stereocenters. The third-order valence-corrected chi connectivity index (χ3v) is 3.62. The number of hydrogen-bond acceptors (Lipinski definition) is 4. The van der Waals surface area contributed by atoms with Crippen molar-refractivity contribution in [3.63, 3.8) is 0 Å². The van der Waals surface area contributed by atoms with Crippen LogP contribution in [0, 0.1) is 23.1 Å². The van der Waals surface area contributed by atoms with Crippen LogP contribution >= 0.6 is 0 Å². The summed E-state index contributed by atoms with van der Waals surface area (Å²) in [6.07, 6.45) is 1.72. The van der Waals surface area contributed by atoms with Gasteiger partial charge in [0.25, 0.3) is 0 Å². The van der Waals surface area contributed by atoms with Crippen LogP contribution in [0.3, 0.4) is 0 Å². The number of nitriles is 1. The maximum atomic E-state index is 13.3. The molecule has 1 atom stereocenters. The first-order valence-electron chi connectivity index (χ1n) is 6.62. The van der Waals surface area contributed by atoms with E-state index in [0.29, 0.717) is 24.2 Å². The molecule has 1 saturated heterocycles. The smallest absolute Gasteiger partial charge is 0.309 e. The predicted molar refractivity (Wildman–Crippen MR) is 71.1 cm³/mol. The van der Waals surface area contributed by atoms with Gasteiger partial charge in [0.2, 0.25) is 0 Å². The van der Waals surface area contributed by atoms with Gasteiger partial charge in [-0.1, -0.05) is 0 Å². The summed E-state index contributed by atoms with van der Waals surface area (Å²) < 4.78 is 18.1. The number of nitrogens with zero attached hydrogens (tertiary/aromatic N) is 2. The van der Waals surface area contributed by atoms with E-state index in [1.54, 1.807) is 0 Å². The summed E-state index contributed by atoms with van der Waals surface area (Å²) in [6, 6.07) is 6.24. The first-order chi connectivity index (χ1) is 9.63. The highest BCUT2D eigenvalue weighted by molar-refractivity contribution is 5.72. The molecule has 0 spiro atoms. The largest absolute Gasteiger partial charge is 0.469 e. The zero-order chi connectivity index (χ0) is 14.5. The van der Waals surface area contributed by atoms with Crippen molar-refractivity contribution in [2.45, 2.75) is 19.4 Å². The summed E-state index contributed by atoms with van der Waals surface area (Å²) in [4.78, 5) is 13.7. The van der Waals surface area contributed by atoms with E-state index in [1.807, 2.05) is 0 Å². The molecule has 0 N–H and O–H groups in total. The van der Waals surface area contributed by atoms with Crippen LogP contribution in [-0.2, 0) is 16.1 Å². The molecule has 0 bridgehead atoms. The molecule has 1 aromatic rings. The number of hydrogen-bond donors (Lipinski definition) is 0. The summed E-state index contributed by atoms with van der Waals surface area (Å²) in [5, 5.41) is 9.05. The number of piperidine rings is 1. The fraction of sp³-hybridized carbons (Fsp3) is 0.467. The summed E-state index contributed by atoms with van der Waals surface area (Å²) in [5.41, 5.74) is 1.14. The Morgan fingerprint density at radius 3 is 3.10 bits per heavy atom. The van der Waals surface area contributed by atoms with Gasteiger partial charge in [0.05, 0.1) is 24.7 Å². The number of rotatable bonds is 3. The number of esters is 1. The van der Waals surface area contributed by atoms with Gasteiger partial charge in [0.15, 0.2) is 0 Å². The van der Waals surface area contributed by atoms with E-state index in [-0.39, 0.29) is 17.7 Å². The minimum Gasteiger partial charge on any atom is -0.469 e. The molecule has 1 aliphatic heterocycles. The van der Waals surface area contributed by atoms with Crippen molar-refractivity contribution in [3.05, 3.63) is 35.1 Å². The molecular weight excluding hydrogens is 259 g/mol. The fourth-order valence-corrected chi connectivity index (χ4v) is 2.60. The maximum absolute atomic E-state index is 13.3. The zero-order valence-electron chi connectivity index (χ0n) is 11.4. The molecule has 1 aliphatic rings. The Morgan fingerprint density at radius 2 is 2.40 bits per heavy atom. The molecule has 1 heterocycles. The van der Waals surface area contributed by atoms with E-state index in [1.165, 1.54) is 25.3 Å². The van der Waals surface area contributed by atoms with Crippen LogP contribution < -0.4 is 0 Å². The van der Waals surface area contributed by atoms with Gasteiger partial charge in [-0.2, -0.15) is 5.26 Å². The first kappa shape index (κ1) is 14.5. The molecule has 0 aromatic heterocycles. The summed E-state index contributed by atoms with van der Waals surface area (Å²) in [6.45, 7) is 1.91. The molecule has 4 nitrogen and oxygen atoms in total. The van der Waals surface area contributed by atoms with Crippen LogP contribution in [0.4, 0.5) is 4.39 Å². The Hall–Kier alpha value is -1.93. The normalized spacial score (nSPS) is 19.4. The SMILES string of the molecule is COC(=O)[C@H]1CCCN(Cc2cc(F)ccc2C#N)C1. The number of methoxy groups -OCH3 is 1. The zero-order valence-corrected chi connectivity index (χ0v) is 11.4. The molecule has 0 saturated carbocycles. The number of likely N-dealkylation sites (tertiary alicyclic amines) is 1. The van der Waals surface area contributed by atoms with Gasteiger partial charge >= 0.3 is 5.97 Å². The average molecular weight is 276 g/mol. The molecule has 0 radical (unpaired) electrons. The number of ether oxygens (including phenoxy) is 1. The highest BCUT2D eigenvalue weighted by atomic mass is 19.1. The summed E-state index contributed by atoms with van der Waals surface area (Å²) >= 11 is 0. The second kappa shape index (κ2) is 6.49. The summed E-state index contributed by atoms with van der Waals surface area (Å²) in [7, 11) is 1.39. The molecule has 20 heavy (non-hydrogen) atoms. The monoisotopic (exact) mass is 276 g/mol. The lowest BCUT2D eigenvalue weighted by Crippen LogP contribution is -2.38.